The number of furan rings is 1. The first-order valence-electron chi connectivity index (χ1n) is 7.47. The number of hydrogen-bond donors (Lipinski definition) is 0. The van der Waals surface area contributed by atoms with Crippen molar-refractivity contribution in [3.05, 3.63) is 24.3 Å². The highest BCUT2D eigenvalue weighted by atomic mass is 16.7. The van der Waals surface area contributed by atoms with Crippen LogP contribution in [-0.2, 0) is 15.9 Å². The van der Waals surface area contributed by atoms with Crippen molar-refractivity contribution in [1.82, 2.24) is 10.1 Å². The maximum absolute atomic E-state index is 5.75. The van der Waals surface area contributed by atoms with Crippen molar-refractivity contribution in [2.75, 3.05) is 13.2 Å². The monoisotopic (exact) mass is 290 g/mol. The van der Waals surface area contributed by atoms with E-state index in [0.29, 0.717) is 23.4 Å². The lowest BCUT2D eigenvalue weighted by Crippen LogP contribution is -2.35. The molecule has 2 aromatic rings. The lowest BCUT2D eigenvalue weighted by Gasteiger charge is -2.34. The zero-order chi connectivity index (χ0) is 14.1. The Morgan fingerprint density at radius 2 is 2.00 bits per heavy atom. The van der Waals surface area contributed by atoms with E-state index in [0.717, 1.165) is 45.3 Å². The Labute approximate surface area is 122 Å². The Kier molecular flexibility index (Phi) is 3.27. The quantitative estimate of drug-likeness (QED) is 0.865. The van der Waals surface area contributed by atoms with Gasteiger partial charge >= 0.3 is 0 Å². The van der Waals surface area contributed by atoms with Gasteiger partial charge < -0.3 is 18.4 Å². The number of ether oxygens (including phenoxy) is 2. The molecule has 6 heteroatoms. The van der Waals surface area contributed by atoms with Gasteiger partial charge in [-0.15, -0.1) is 0 Å². The van der Waals surface area contributed by atoms with Gasteiger partial charge in [0, 0.05) is 19.3 Å². The van der Waals surface area contributed by atoms with Crippen molar-refractivity contribution in [2.24, 2.45) is 5.92 Å². The summed E-state index contributed by atoms with van der Waals surface area (Å²) in [7, 11) is 0. The van der Waals surface area contributed by atoms with Crippen LogP contribution in [0.4, 0.5) is 0 Å². The van der Waals surface area contributed by atoms with Gasteiger partial charge in [0.1, 0.15) is 0 Å². The molecular weight excluding hydrogens is 272 g/mol. The molecule has 1 aliphatic heterocycles. The third kappa shape index (κ3) is 2.61. The second kappa shape index (κ2) is 5.27. The number of nitrogens with zero attached hydrogens (tertiary/aromatic N) is 2. The minimum atomic E-state index is -0.301. The number of rotatable bonds is 3. The fraction of sp³-hybridized carbons (Fsp3) is 0.600. The van der Waals surface area contributed by atoms with Crippen molar-refractivity contribution < 1.29 is 18.4 Å². The molecule has 2 aliphatic rings. The van der Waals surface area contributed by atoms with Crippen molar-refractivity contribution >= 4 is 0 Å². The highest BCUT2D eigenvalue weighted by Gasteiger charge is 2.40. The molecule has 21 heavy (non-hydrogen) atoms. The van der Waals surface area contributed by atoms with Crippen LogP contribution in [-0.4, -0.2) is 29.1 Å². The van der Waals surface area contributed by atoms with Crippen LogP contribution in [0, 0.1) is 5.92 Å². The maximum atomic E-state index is 5.75. The van der Waals surface area contributed by atoms with E-state index in [-0.39, 0.29) is 5.79 Å². The molecule has 1 saturated carbocycles. The van der Waals surface area contributed by atoms with Crippen LogP contribution in [0.3, 0.4) is 0 Å². The zero-order valence-corrected chi connectivity index (χ0v) is 11.8. The minimum absolute atomic E-state index is 0.301. The van der Waals surface area contributed by atoms with Crippen molar-refractivity contribution in [1.29, 1.82) is 0 Å². The summed E-state index contributed by atoms with van der Waals surface area (Å²) in [6.07, 6.45) is 6.46. The first kappa shape index (κ1) is 13.0. The zero-order valence-electron chi connectivity index (χ0n) is 11.8. The fourth-order valence-corrected chi connectivity index (χ4v) is 3.20. The third-order valence-electron chi connectivity index (χ3n) is 4.35. The molecule has 0 aromatic carbocycles. The van der Waals surface area contributed by atoms with E-state index >= 15 is 0 Å². The summed E-state index contributed by atoms with van der Waals surface area (Å²) < 4.78 is 22.1. The Bertz CT molecular complexity index is 577. The second-order valence-electron chi connectivity index (χ2n) is 5.74. The standard InChI is InChI=1S/C15H18N2O4/c1-2-12(18-7-1)14-16-13(21-17-14)10-11-3-5-15(6-4-11)19-8-9-20-15/h1-2,7,11H,3-6,8-10H2. The van der Waals surface area contributed by atoms with Gasteiger partial charge in [0.05, 0.1) is 19.5 Å². The van der Waals surface area contributed by atoms with Gasteiger partial charge in [-0.25, -0.2) is 0 Å². The molecule has 0 atom stereocenters. The molecule has 1 saturated heterocycles. The average Bonchev–Trinajstić information content (AvgIpc) is 3.23. The Morgan fingerprint density at radius 3 is 2.71 bits per heavy atom. The van der Waals surface area contributed by atoms with Gasteiger partial charge in [-0.1, -0.05) is 5.16 Å². The molecule has 2 aromatic heterocycles. The SMILES string of the molecule is c1coc(-c2noc(CC3CCC4(CC3)OCCO4)n2)c1. The summed E-state index contributed by atoms with van der Waals surface area (Å²) in [5.74, 6) is 2.08. The number of hydrogen-bond acceptors (Lipinski definition) is 6. The molecule has 112 valence electrons. The average molecular weight is 290 g/mol. The summed E-state index contributed by atoms with van der Waals surface area (Å²) >= 11 is 0. The van der Waals surface area contributed by atoms with Gasteiger partial charge in [0.2, 0.25) is 11.7 Å². The molecule has 0 radical (unpaired) electrons. The topological polar surface area (TPSA) is 70.5 Å². The highest BCUT2D eigenvalue weighted by molar-refractivity contribution is 5.44. The summed E-state index contributed by atoms with van der Waals surface area (Å²) in [6, 6.07) is 3.64. The fourth-order valence-electron chi connectivity index (χ4n) is 3.20. The lowest BCUT2D eigenvalue weighted by atomic mass is 9.83. The molecule has 0 N–H and O–H groups in total. The minimum Gasteiger partial charge on any atom is -0.461 e. The molecule has 6 nitrogen and oxygen atoms in total. The van der Waals surface area contributed by atoms with Gasteiger partial charge in [0.25, 0.3) is 0 Å². The van der Waals surface area contributed by atoms with Crippen LogP contribution in [0.2, 0.25) is 0 Å². The van der Waals surface area contributed by atoms with Crippen LogP contribution in [0.1, 0.15) is 31.6 Å². The predicted molar refractivity (Wildman–Crippen MR) is 72.3 cm³/mol. The normalized spacial score (nSPS) is 22.1. The van der Waals surface area contributed by atoms with Crippen LogP contribution in [0.5, 0.6) is 0 Å². The van der Waals surface area contributed by atoms with Crippen LogP contribution in [0.15, 0.2) is 27.3 Å². The van der Waals surface area contributed by atoms with Crippen molar-refractivity contribution in [2.45, 2.75) is 37.9 Å². The first-order chi connectivity index (χ1) is 10.3. The van der Waals surface area contributed by atoms with Crippen molar-refractivity contribution in [3.8, 4) is 11.6 Å². The molecule has 1 aliphatic carbocycles. The molecular formula is C15H18N2O4. The summed E-state index contributed by atoms with van der Waals surface area (Å²) in [6.45, 7) is 1.45. The van der Waals surface area contributed by atoms with Crippen LogP contribution >= 0.6 is 0 Å². The Hall–Kier alpha value is -1.66. The van der Waals surface area contributed by atoms with Gasteiger partial charge in [-0.2, -0.15) is 4.98 Å². The van der Waals surface area contributed by atoms with E-state index in [1.165, 1.54) is 0 Å². The first-order valence-corrected chi connectivity index (χ1v) is 7.47. The van der Waals surface area contributed by atoms with Gasteiger partial charge in [0.15, 0.2) is 11.5 Å². The summed E-state index contributed by atoms with van der Waals surface area (Å²) in [5, 5.41) is 3.97. The lowest BCUT2D eigenvalue weighted by molar-refractivity contribution is -0.182. The summed E-state index contributed by atoms with van der Waals surface area (Å²) in [5.41, 5.74) is 0. The maximum Gasteiger partial charge on any atom is 0.238 e. The van der Waals surface area contributed by atoms with E-state index < -0.39 is 0 Å². The molecule has 0 bridgehead atoms. The molecule has 2 fully saturated rings. The van der Waals surface area contributed by atoms with E-state index in [1.54, 1.807) is 6.26 Å². The Balaban J connectivity index is 1.37. The number of aromatic nitrogens is 2. The predicted octanol–water partition coefficient (Wildman–Crippen LogP) is 2.81. The largest absolute Gasteiger partial charge is 0.461 e. The molecule has 1 spiro atoms. The van der Waals surface area contributed by atoms with E-state index in [4.69, 9.17) is 18.4 Å². The van der Waals surface area contributed by atoms with Crippen LogP contribution in [0.25, 0.3) is 11.6 Å². The molecule has 0 amide bonds. The smallest absolute Gasteiger partial charge is 0.238 e. The van der Waals surface area contributed by atoms with E-state index in [1.807, 2.05) is 12.1 Å². The van der Waals surface area contributed by atoms with Gasteiger partial charge in [-0.05, 0) is 30.9 Å². The molecule has 0 unspecified atom stereocenters. The van der Waals surface area contributed by atoms with E-state index in [2.05, 4.69) is 10.1 Å². The van der Waals surface area contributed by atoms with E-state index in [9.17, 15) is 0 Å². The van der Waals surface area contributed by atoms with Gasteiger partial charge in [-0.3, -0.25) is 0 Å². The highest BCUT2D eigenvalue weighted by Crippen LogP contribution is 2.39. The Morgan fingerprint density at radius 1 is 1.19 bits per heavy atom. The summed E-state index contributed by atoms with van der Waals surface area (Å²) in [4.78, 5) is 4.40. The van der Waals surface area contributed by atoms with Crippen molar-refractivity contribution in [3.63, 3.8) is 0 Å². The molecule has 3 heterocycles. The second-order valence-corrected chi connectivity index (χ2v) is 5.74. The molecule has 4 rings (SSSR count). The third-order valence-corrected chi connectivity index (χ3v) is 4.35. The van der Waals surface area contributed by atoms with Crippen LogP contribution < -0.4 is 0 Å².